The van der Waals surface area contributed by atoms with Gasteiger partial charge in [-0.3, -0.25) is 14.7 Å². The number of benzene rings is 1. The molecule has 4 heterocycles. The number of ether oxygens (including phenoxy) is 1. The highest BCUT2D eigenvalue weighted by Crippen LogP contribution is 2.30. The first-order valence-electron chi connectivity index (χ1n) is 10.0. The molecule has 1 N–H and O–H groups in total. The first kappa shape index (κ1) is 18.6. The van der Waals surface area contributed by atoms with Gasteiger partial charge in [0, 0.05) is 38.1 Å². The van der Waals surface area contributed by atoms with Gasteiger partial charge in [0.25, 0.3) is 0 Å². The Bertz CT molecular complexity index is 1260. The number of H-pyrrole nitrogens is 1. The molecule has 0 fully saturated rings. The van der Waals surface area contributed by atoms with E-state index in [2.05, 4.69) is 50.5 Å². The molecule has 0 amide bonds. The molecule has 0 saturated heterocycles. The zero-order chi connectivity index (χ0) is 20.8. The lowest BCUT2D eigenvalue weighted by molar-refractivity contribution is 0.218. The van der Waals surface area contributed by atoms with Crippen LogP contribution in [0.1, 0.15) is 22.6 Å². The predicted octanol–water partition coefficient (Wildman–Crippen LogP) is 3.00. The van der Waals surface area contributed by atoms with E-state index in [1.54, 1.807) is 4.68 Å². The molecule has 4 aromatic rings. The number of nitrogens with one attached hydrogen (secondary N) is 1. The van der Waals surface area contributed by atoms with E-state index in [4.69, 9.17) is 4.74 Å². The third-order valence-corrected chi connectivity index (χ3v) is 5.72. The fourth-order valence-electron chi connectivity index (χ4n) is 4.03. The summed E-state index contributed by atoms with van der Waals surface area (Å²) in [6, 6.07) is 6.39. The molecular formula is C22H25N7O. The van der Waals surface area contributed by atoms with Crippen molar-refractivity contribution < 1.29 is 4.74 Å². The Morgan fingerprint density at radius 1 is 1.10 bits per heavy atom. The first-order valence-corrected chi connectivity index (χ1v) is 10.0. The summed E-state index contributed by atoms with van der Waals surface area (Å²) < 4.78 is 9.89. The monoisotopic (exact) mass is 403 g/mol. The Labute approximate surface area is 174 Å². The van der Waals surface area contributed by atoms with Crippen molar-refractivity contribution in [2.24, 2.45) is 14.1 Å². The molecule has 3 aromatic heterocycles. The molecule has 154 valence electrons. The highest BCUT2D eigenvalue weighted by atomic mass is 16.5. The summed E-state index contributed by atoms with van der Waals surface area (Å²) in [7, 11) is 6.01. The Balaban J connectivity index is 1.68. The van der Waals surface area contributed by atoms with E-state index < -0.39 is 0 Å². The fraction of sp³-hybridized carbons (Fsp3) is 0.318. The molecule has 8 heteroatoms. The van der Waals surface area contributed by atoms with E-state index in [0.717, 1.165) is 58.0 Å². The van der Waals surface area contributed by atoms with Crippen molar-refractivity contribution in [2.75, 3.05) is 20.2 Å². The molecule has 0 atom stereocenters. The smallest absolute Gasteiger partial charge is 0.219 e. The molecule has 0 aliphatic carbocycles. The van der Waals surface area contributed by atoms with Crippen LogP contribution in [0.3, 0.4) is 0 Å². The number of hydrogen-bond acceptors (Lipinski definition) is 5. The second kappa shape index (κ2) is 7.14. The van der Waals surface area contributed by atoms with Gasteiger partial charge in [-0.25, -0.2) is 4.68 Å². The zero-order valence-electron chi connectivity index (χ0n) is 17.7. The van der Waals surface area contributed by atoms with Crippen LogP contribution in [-0.2, 0) is 20.6 Å². The largest absolute Gasteiger partial charge is 0.476 e. The molecule has 1 aliphatic heterocycles. The number of aryl methyl sites for hydroxylation is 3. The molecule has 5 rings (SSSR count). The van der Waals surface area contributed by atoms with Gasteiger partial charge >= 0.3 is 0 Å². The van der Waals surface area contributed by atoms with Crippen LogP contribution in [0.2, 0.25) is 0 Å². The van der Waals surface area contributed by atoms with Gasteiger partial charge in [0.05, 0.1) is 34.4 Å². The van der Waals surface area contributed by atoms with Gasteiger partial charge in [0.1, 0.15) is 6.61 Å². The van der Waals surface area contributed by atoms with Crippen molar-refractivity contribution in [3.05, 3.63) is 47.0 Å². The van der Waals surface area contributed by atoms with Crippen LogP contribution in [0, 0.1) is 6.92 Å². The second-order valence-corrected chi connectivity index (χ2v) is 7.85. The van der Waals surface area contributed by atoms with Crippen LogP contribution in [-0.4, -0.2) is 54.9 Å². The van der Waals surface area contributed by atoms with Gasteiger partial charge < -0.3 is 4.74 Å². The highest BCUT2D eigenvalue weighted by Gasteiger charge is 2.17. The van der Waals surface area contributed by atoms with E-state index in [0.29, 0.717) is 6.61 Å². The lowest BCUT2D eigenvalue weighted by Gasteiger charge is -2.18. The lowest BCUT2D eigenvalue weighted by atomic mass is 10.0. The maximum Gasteiger partial charge on any atom is 0.219 e. The predicted molar refractivity (Wildman–Crippen MR) is 117 cm³/mol. The molecule has 1 aromatic carbocycles. The Kier molecular flexibility index (Phi) is 4.43. The van der Waals surface area contributed by atoms with Gasteiger partial charge in [-0.2, -0.15) is 15.3 Å². The van der Waals surface area contributed by atoms with E-state index in [1.165, 1.54) is 5.69 Å². The standard InChI is InChI=1S/C22H25N7O/c1-14-16-6-8-20-17-11-15(5-7-19(17)24-25-20)18-12-23-28(3)21(18)13-27(2)9-10-30-22(16)29(4)26-14/h5-8,11-12H,9-10,13H2,1-4H3,(H,24,25)/b8-6+. The molecule has 0 spiro atoms. The minimum atomic E-state index is 0.573. The maximum absolute atomic E-state index is 6.14. The van der Waals surface area contributed by atoms with E-state index in [9.17, 15) is 0 Å². The van der Waals surface area contributed by atoms with Crippen molar-refractivity contribution >= 4 is 23.1 Å². The summed E-state index contributed by atoms with van der Waals surface area (Å²) in [6.45, 7) is 4.14. The van der Waals surface area contributed by atoms with E-state index >= 15 is 0 Å². The third-order valence-electron chi connectivity index (χ3n) is 5.72. The topological polar surface area (TPSA) is 76.8 Å². The van der Waals surface area contributed by atoms with Crippen LogP contribution in [0.15, 0.2) is 24.4 Å². The molecule has 0 saturated carbocycles. The molecule has 8 nitrogen and oxygen atoms in total. The average Bonchev–Trinajstić information content (AvgIpc) is 3.36. The number of likely N-dealkylation sites (N-methyl/N-ethyl adjacent to an activating group) is 1. The lowest BCUT2D eigenvalue weighted by Crippen LogP contribution is -2.25. The second-order valence-electron chi connectivity index (χ2n) is 7.85. The van der Waals surface area contributed by atoms with Gasteiger partial charge in [0.2, 0.25) is 5.88 Å². The Hall–Kier alpha value is -3.39. The van der Waals surface area contributed by atoms with Crippen molar-refractivity contribution in [1.29, 1.82) is 0 Å². The minimum Gasteiger partial charge on any atom is -0.476 e. The maximum atomic E-state index is 6.14. The Morgan fingerprint density at radius 3 is 2.83 bits per heavy atom. The third kappa shape index (κ3) is 3.09. The van der Waals surface area contributed by atoms with Crippen molar-refractivity contribution in [2.45, 2.75) is 13.5 Å². The van der Waals surface area contributed by atoms with E-state index in [1.807, 2.05) is 44.0 Å². The zero-order valence-corrected chi connectivity index (χ0v) is 17.7. The summed E-state index contributed by atoms with van der Waals surface area (Å²) in [6.07, 6.45) is 6.01. The number of hydrogen-bond donors (Lipinski definition) is 1. The molecular weight excluding hydrogens is 378 g/mol. The van der Waals surface area contributed by atoms with Gasteiger partial charge in [-0.1, -0.05) is 6.07 Å². The summed E-state index contributed by atoms with van der Waals surface area (Å²) in [5, 5.41) is 17.8. The van der Waals surface area contributed by atoms with Crippen LogP contribution < -0.4 is 4.74 Å². The summed E-state index contributed by atoms with van der Waals surface area (Å²) >= 11 is 0. The number of aromatic nitrogens is 6. The summed E-state index contributed by atoms with van der Waals surface area (Å²) in [5.74, 6) is 0.772. The summed E-state index contributed by atoms with van der Waals surface area (Å²) in [5.41, 5.74) is 7.25. The van der Waals surface area contributed by atoms with Crippen molar-refractivity contribution in [1.82, 2.24) is 34.7 Å². The molecule has 0 radical (unpaired) electrons. The fourth-order valence-corrected chi connectivity index (χ4v) is 4.03. The molecule has 30 heavy (non-hydrogen) atoms. The van der Waals surface area contributed by atoms with Crippen LogP contribution in [0.25, 0.3) is 34.2 Å². The van der Waals surface area contributed by atoms with Crippen LogP contribution in [0.4, 0.5) is 0 Å². The van der Waals surface area contributed by atoms with Crippen LogP contribution >= 0.6 is 0 Å². The van der Waals surface area contributed by atoms with Gasteiger partial charge in [-0.15, -0.1) is 0 Å². The summed E-state index contributed by atoms with van der Waals surface area (Å²) in [4.78, 5) is 2.25. The van der Waals surface area contributed by atoms with Crippen molar-refractivity contribution in [3.63, 3.8) is 0 Å². The van der Waals surface area contributed by atoms with E-state index in [-0.39, 0.29) is 0 Å². The quantitative estimate of drug-likeness (QED) is 0.488. The average molecular weight is 403 g/mol. The van der Waals surface area contributed by atoms with Gasteiger partial charge in [-0.05, 0) is 43.8 Å². The number of fused-ring (bicyclic) bond motifs is 4. The minimum absolute atomic E-state index is 0.573. The van der Waals surface area contributed by atoms with Gasteiger partial charge in [0.15, 0.2) is 0 Å². The van der Waals surface area contributed by atoms with Crippen molar-refractivity contribution in [3.8, 4) is 17.0 Å². The SMILES string of the molecule is Cc1nn(C)c2c1/C=C/c1n[nH]c3ccc(cc13)-c1cnn(C)c1CN(C)CCO2. The normalized spacial score (nSPS) is 16.0. The highest BCUT2D eigenvalue weighted by molar-refractivity contribution is 5.93. The molecule has 2 bridgehead atoms. The van der Waals surface area contributed by atoms with Crippen LogP contribution in [0.5, 0.6) is 5.88 Å². The number of nitrogens with zero attached hydrogens (tertiary/aromatic N) is 6. The number of aromatic amines is 1. The number of rotatable bonds is 0. The molecule has 1 aliphatic rings. The Morgan fingerprint density at radius 2 is 1.97 bits per heavy atom. The first-order chi connectivity index (χ1) is 14.5. The molecule has 0 unspecified atom stereocenters.